The molecular weight excluding hydrogens is 296 g/mol. The lowest BCUT2D eigenvalue weighted by Gasteiger charge is -2.00. The molecule has 0 aliphatic carbocycles. The van der Waals surface area contributed by atoms with Crippen LogP contribution in [0, 0.1) is 6.92 Å². The van der Waals surface area contributed by atoms with Crippen LogP contribution in [0.1, 0.15) is 21.4 Å². The SMILES string of the molecule is COCCNc1nc(N)c(C(=O)NCc2noc(C)n2)s1. The van der Waals surface area contributed by atoms with Crippen molar-refractivity contribution in [3.05, 3.63) is 16.6 Å². The number of anilines is 2. The van der Waals surface area contributed by atoms with Crippen molar-refractivity contribution in [1.82, 2.24) is 20.4 Å². The van der Waals surface area contributed by atoms with Gasteiger partial charge in [0.25, 0.3) is 5.91 Å². The number of hydrogen-bond donors (Lipinski definition) is 3. The van der Waals surface area contributed by atoms with E-state index in [0.717, 1.165) is 0 Å². The van der Waals surface area contributed by atoms with Crippen molar-refractivity contribution in [3.63, 3.8) is 0 Å². The highest BCUT2D eigenvalue weighted by Gasteiger charge is 2.16. The third-order valence-electron chi connectivity index (χ3n) is 2.42. The molecule has 0 aliphatic rings. The number of aromatic nitrogens is 3. The van der Waals surface area contributed by atoms with Crippen LogP contribution in [0.5, 0.6) is 0 Å². The Balaban J connectivity index is 1.92. The first-order valence-electron chi connectivity index (χ1n) is 6.16. The fraction of sp³-hybridized carbons (Fsp3) is 0.455. The molecule has 9 nitrogen and oxygen atoms in total. The number of nitrogens with zero attached hydrogens (tertiary/aromatic N) is 3. The van der Waals surface area contributed by atoms with E-state index < -0.39 is 0 Å². The van der Waals surface area contributed by atoms with Gasteiger partial charge in [-0.25, -0.2) is 4.98 Å². The molecule has 0 unspecified atom stereocenters. The Morgan fingerprint density at radius 2 is 2.29 bits per heavy atom. The van der Waals surface area contributed by atoms with Crippen LogP contribution >= 0.6 is 11.3 Å². The molecule has 21 heavy (non-hydrogen) atoms. The number of amides is 1. The molecule has 10 heteroatoms. The van der Waals surface area contributed by atoms with Gasteiger partial charge in [0, 0.05) is 20.6 Å². The van der Waals surface area contributed by atoms with Crippen molar-refractivity contribution in [1.29, 1.82) is 0 Å². The molecule has 114 valence electrons. The normalized spacial score (nSPS) is 10.6. The molecular formula is C11H16N6O3S. The quantitative estimate of drug-likeness (QED) is 0.627. The fourth-order valence-corrected chi connectivity index (χ4v) is 2.31. The summed E-state index contributed by atoms with van der Waals surface area (Å²) in [4.78, 5) is 20.4. The van der Waals surface area contributed by atoms with Crippen LogP contribution in [0.15, 0.2) is 4.52 Å². The maximum atomic E-state index is 12.0. The number of nitrogens with two attached hydrogens (primary N) is 1. The van der Waals surface area contributed by atoms with Crippen molar-refractivity contribution in [2.45, 2.75) is 13.5 Å². The predicted molar refractivity (Wildman–Crippen MR) is 77.1 cm³/mol. The van der Waals surface area contributed by atoms with Crippen molar-refractivity contribution in [2.75, 3.05) is 31.3 Å². The number of aryl methyl sites for hydroxylation is 1. The van der Waals surface area contributed by atoms with Crippen molar-refractivity contribution < 1.29 is 14.1 Å². The van der Waals surface area contributed by atoms with Crippen molar-refractivity contribution in [2.24, 2.45) is 0 Å². The van der Waals surface area contributed by atoms with E-state index in [-0.39, 0.29) is 18.3 Å². The summed E-state index contributed by atoms with van der Waals surface area (Å²) in [5, 5.41) is 9.95. The Kier molecular flexibility index (Phi) is 5.06. The number of rotatable bonds is 7. The second-order valence-corrected chi connectivity index (χ2v) is 5.06. The molecule has 0 bridgehead atoms. The monoisotopic (exact) mass is 312 g/mol. The van der Waals surface area contributed by atoms with E-state index in [2.05, 4.69) is 25.8 Å². The van der Waals surface area contributed by atoms with E-state index in [0.29, 0.717) is 34.9 Å². The van der Waals surface area contributed by atoms with Gasteiger partial charge in [0.1, 0.15) is 10.7 Å². The third-order valence-corrected chi connectivity index (χ3v) is 3.45. The smallest absolute Gasteiger partial charge is 0.265 e. The van der Waals surface area contributed by atoms with Gasteiger partial charge in [-0.3, -0.25) is 4.79 Å². The second kappa shape index (κ2) is 6.99. The van der Waals surface area contributed by atoms with Crippen LogP contribution in [0.3, 0.4) is 0 Å². The maximum Gasteiger partial charge on any atom is 0.265 e. The first kappa shape index (κ1) is 15.2. The molecule has 0 atom stereocenters. The van der Waals surface area contributed by atoms with Crippen molar-refractivity contribution in [3.8, 4) is 0 Å². The lowest BCUT2D eigenvalue weighted by molar-refractivity contribution is 0.0954. The lowest BCUT2D eigenvalue weighted by atomic mass is 10.4. The number of carbonyl (C=O) groups excluding carboxylic acids is 1. The van der Waals surface area contributed by atoms with E-state index in [1.807, 2.05) is 0 Å². The summed E-state index contributed by atoms with van der Waals surface area (Å²) in [5.74, 6) is 0.706. The average molecular weight is 312 g/mol. The molecule has 2 aromatic heterocycles. The van der Waals surface area contributed by atoms with Gasteiger partial charge in [0.15, 0.2) is 11.0 Å². The minimum atomic E-state index is -0.327. The van der Waals surface area contributed by atoms with Gasteiger partial charge in [-0.15, -0.1) is 0 Å². The Morgan fingerprint density at radius 3 is 2.95 bits per heavy atom. The number of ether oxygens (including phenoxy) is 1. The average Bonchev–Trinajstić information content (AvgIpc) is 3.03. The van der Waals surface area contributed by atoms with Gasteiger partial charge in [-0.2, -0.15) is 4.98 Å². The molecule has 1 amide bonds. The summed E-state index contributed by atoms with van der Waals surface area (Å²) in [7, 11) is 1.61. The molecule has 0 fully saturated rings. The number of thiazole rings is 1. The summed E-state index contributed by atoms with van der Waals surface area (Å²) in [6, 6.07) is 0. The van der Waals surface area contributed by atoms with Gasteiger partial charge < -0.3 is 25.6 Å². The fourth-order valence-electron chi connectivity index (χ4n) is 1.48. The zero-order valence-electron chi connectivity index (χ0n) is 11.7. The summed E-state index contributed by atoms with van der Waals surface area (Å²) in [6.45, 7) is 2.97. The molecule has 4 N–H and O–H groups in total. The number of nitrogens with one attached hydrogen (secondary N) is 2. The van der Waals surface area contributed by atoms with Crippen molar-refractivity contribution >= 4 is 28.2 Å². The maximum absolute atomic E-state index is 12.0. The highest BCUT2D eigenvalue weighted by molar-refractivity contribution is 7.18. The summed E-state index contributed by atoms with van der Waals surface area (Å²) in [6.07, 6.45) is 0. The van der Waals surface area contributed by atoms with Crippen LogP contribution in [0.2, 0.25) is 0 Å². The van der Waals surface area contributed by atoms with E-state index in [9.17, 15) is 4.79 Å². The Bertz CT molecular complexity index is 611. The minimum Gasteiger partial charge on any atom is -0.383 e. The Labute approximate surface area is 124 Å². The zero-order chi connectivity index (χ0) is 15.2. The molecule has 0 saturated carbocycles. The molecule has 0 spiro atoms. The lowest BCUT2D eigenvalue weighted by Crippen LogP contribution is -2.23. The largest absolute Gasteiger partial charge is 0.383 e. The highest BCUT2D eigenvalue weighted by Crippen LogP contribution is 2.24. The number of hydrogen-bond acceptors (Lipinski definition) is 9. The summed E-state index contributed by atoms with van der Waals surface area (Å²) in [5.41, 5.74) is 5.74. The molecule has 2 heterocycles. The van der Waals surface area contributed by atoms with Gasteiger partial charge in [0.2, 0.25) is 5.89 Å². The summed E-state index contributed by atoms with van der Waals surface area (Å²) < 4.78 is 9.74. The first-order chi connectivity index (χ1) is 10.1. The molecule has 0 aromatic carbocycles. The van der Waals surface area contributed by atoms with E-state index >= 15 is 0 Å². The number of nitrogen functional groups attached to an aromatic ring is 1. The summed E-state index contributed by atoms with van der Waals surface area (Å²) >= 11 is 1.18. The number of methoxy groups -OCH3 is 1. The second-order valence-electron chi connectivity index (χ2n) is 4.07. The van der Waals surface area contributed by atoms with Gasteiger partial charge in [-0.1, -0.05) is 16.5 Å². The minimum absolute atomic E-state index is 0.167. The van der Waals surface area contributed by atoms with Gasteiger partial charge in [-0.05, 0) is 0 Å². The molecule has 0 aliphatic heterocycles. The number of carbonyl (C=O) groups is 1. The standard InChI is InChI=1S/C11H16N6O3S/c1-6-15-7(17-20-6)5-14-10(18)8-9(12)16-11(21-8)13-3-4-19-2/h3-5,12H2,1-2H3,(H,13,16)(H,14,18). The molecule has 0 saturated heterocycles. The van der Waals surface area contributed by atoms with Crippen LogP contribution < -0.4 is 16.4 Å². The van der Waals surface area contributed by atoms with E-state index in [1.165, 1.54) is 11.3 Å². The van der Waals surface area contributed by atoms with Crippen LogP contribution in [0.4, 0.5) is 10.9 Å². The van der Waals surface area contributed by atoms with Crippen LogP contribution in [-0.4, -0.2) is 41.3 Å². The zero-order valence-corrected chi connectivity index (χ0v) is 12.5. The van der Waals surface area contributed by atoms with Crippen LogP contribution in [-0.2, 0) is 11.3 Å². The predicted octanol–water partition coefficient (Wildman–Crippen LogP) is 0.405. The van der Waals surface area contributed by atoms with E-state index in [4.69, 9.17) is 15.0 Å². The Hall–Kier alpha value is -2.20. The van der Waals surface area contributed by atoms with E-state index in [1.54, 1.807) is 14.0 Å². The first-order valence-corrected chi connectivity index (χ1v) is 6.98. The van der Waals surface area contributed by atoms with Crippen LogP contribution in [0.25, 0.3) is 0 Å². The molecule has 2 aromatic rings. The highest BCUT2D eigenvalue weighted by atomic mass is 32.1. The topological polar surface area (TPSA) is 128 Å². The molecule has 0 radical (unpaired) electrons. The molecule has 2 rings (SSSR count). The van der Waals surface area contributed by atoms with Gasteiger partial charge in [0.05, 0.1) is 13.2 Å². The Morgan fingerprint density at radius 1 is 1.48 bits per heavy atom. The third kappa shape index (κ3) is 4.13. The van der Waals surface area contributed by atoms with Gasteiger partial charge >= 0.3 is 0 Å².